The standard InChI is InChI=1S/C15H19N3O/c1-10(2)13-8-11(3)17-15(18-13)9-19-14-7-5-4-6-12(14)16/h4-8,10H,9,16H2,1-3H3. The zero-order chi connectivity index (χ0) is 13.8. The number of nitrogens with two attached hydrogens (primary N) is 1. The molecule has 0 bridgehead atoms. The van der Waals surface area contributed by atoms with Crippen molar-refractivity contribution < 1.29 is 4.74 Å². The first-order valence-corrected chi connectivity index (χ1v) is 6.38. The molecule has 2 N–H and O–H groups in total. The molecule has 0 aliphatic carbocycles. The lowest BCUT2D eigenvalue weighted by atomic mass is 10.1. The van der Waals surface area contributed by atoms with Crippen molar-refractivity contribution in [3.05, 3.63) is 47.5 Å². The van der Waals surface area contributed by atoms with E-state index in [0.29, 0.717) is 29.8 Å². The van der Waals surface area contributed by atoms with Gasteiger partial charge in [0.2, 0.25) is 0 Å². The molecule has 0 aliphatic heterocycles. The van der Waals surface area contributed by atoms with Crippen molar-refractivity contribution >= 4 is 5.69 Å². The molecule has 0 aliphatic rings. The normalized spacial score (nSPS) is 10.7. The molecule has 19 heavy (non-hydrogen) atoms. The number of ether oxygens (including phenoxy) is 1. The predicted octanol–water partition coefficient (Wildman–Crippen LogP) is 3.07. The molecule has 0 radical (unpaired) electrons. The highest BCUT2D eigenvalue weighted by Crippen LogP contribution is 2.21. The fourth-order valence-electron chi connectivity index (χ4n) is 1.77. The second-order valence-corrected chi connectivity index (χ2v) is 4.83. The maximum absolute atomic E-state index is 5.83. The number of aryl methyl sites for hydroxylation is 1. The summed E-state index contributed by atoms with van der Waals surface area (Å²) in [5.41, 5.74) is 8.44. The first kappa shape index (κ1) is 13.3. The van der Waals surface area contributed by atoms with Crippen LogP contribution < -0.4 is 10.5 Å². The summed E-state index contributed by atoms with van der Waals surface area (Å²) in [6.07, 6.45) is 0. The van der Waals surface area contributed by atoms with Gasteiger partial charge in [-0.3, -0.25) is 0 Å². The van der Waals surface area contributed by atoms with Crippen molar-refractivity contribution in [3.63, 3.8) is 0 Å². The van der Waals surface area contributed by atoms with Crippen LogP contribution in [0.3, 0.4) is 0 Å². The summed E-state index contributed by atoms with van der Waals surface area (Å²) >= 11 is 0. The maximum atomic E-state index is 5.83. The van der Waals surface area contributed by atoms with E-state index >= 15 is 0 Å². The van der Waals surface area contributed by atoms with Crippen molar-refractivity contribution in [2.75, 3.05) is 5.73 Å². The molecule has 100 valence electrons. The zero-order valence-electron chi connectivity index (χ0n) is 11.6. The lowest BCUT2D eigenvalue weighted by Crippen LogP contribution is -2.07. The number of anilines is 1. The summed E-state index contributed by atoms with van der Waals surface area (Å²) in [5, 5.41) is 0. The van der Waals surface area contributed by atoms with E-state index in [2.05, 4.69) is 23.8 Å². The molecule has 4 nitrogen and oxygen atoms in total. The minimum absolute atomic E-state index is 0.329. The van der Waals surface area contributed by atoms with E-state index in [9.17, 15) is 0 Å². The molecule has 0 spiro atoms. The first-order chi connectivity index (χ1) is 9.06. The van der Waals surface area contributed by atoms with Gasteiger partial charge in [0.25, 0.3) is 0 Å². The van der Waals surface area contributed by atoms with Gasteiger partial charge < -0.3 is 10.5 Å². The summed E-state index contributed by atoms with van der Waals surface area (Å²) in [7, 11) is 0. The fourth-order valence-corrected chi connectivity index (χ4v) is 1.77. The third-order valence-corrected chi connectivity index (χ3v) is 2.79. The van der Waals surface area contributed by atoms with Crippen LogP contribution in [0.25, 0.3) is 0 Å². The second kappa shape index (κ2) is 5.69. The molecule has 4 heteroatoms. The molecule has 1 aromatic carbocycles. The summed E-state index contributed by atoms with van der Waals surface area (Å²) in [6.45, 7) is 6.52. The van der Waals surface area contributed by atoms with Crippen LogP contribution in [0.2, 0.25) is 0 Å². The van der Waals surface area contributed by atoms with Gasteiger partial charge in [-0.25, -0.2) is 9.97 Å². The highest BCUT2D eigenvalue weighted by atomic mass is 16.5. The second-order valence-electron chi connectivity index (χ2n) is 4.83. The van der Waals surface area contributed by atoms with Crippen LogP contribution in [0.1, 0.15) is 37.0 Å². The van der Waals surface area contributed by atoms with E-state index in [1.165, 1.54) is 0 Å². The molecule has 0 saturated heterocycles. The summed E-state index contributed by atoms with van der Waals surface area (Å²) in [5.74, 6) is 1.73. The Morgan fingerprint density at radius 2 is 1.95 bits per heavy atom. The Morgan fingerprint density at radius 1 is 1.21 bits per heavy atom. The molecule has 0 saturated carbocycles. The zero-order valence-corrected chi connectivity index (χ0v) is 11.6. The van der Waals surface area contributed by atoms with Crippen molar-refractivity contribution in [2.45, 2.75) is 33.3 Å². The number of nitrogens with zero attached hydrogens (tertiary/aromatic N) is 2. The third kappa shape index (κ3) is 3.44. The van der Waals surface area contributed by atoms with Crippen molar-refractivity contribution in [1.82, 2.24) is 9.97 Å². The van der Waals surface area contributed by atoms with E-state index in [1.807, 2.05) is 37.3 Å². The van der Waals surface area contributed by atoms with E-state index in [0.717, 1.165) is 11.4 Å². The van der Waals surface area contributed by atoms with Gasteiger partial charge >= 0.3 is 0 Å². The lowest BCUT2D eigenvalue weighted by molar-refractivity contribution is 0.296. The van der Waals surface area contributed by atoms with E-state index in [4.69, 9.17) is 10.5 Å². The van der Waals surface area contributed by atoms with E-state index in [-0.39, 0.29) is 0 Å². The van der Waals surface area contributed by atoms with Gasteiger partial charge in [0.15, 0.2) is 5.82 Å². The SMILES string of the molecule is Cc1cc(C(C)C)nc(COc2ccccc2N)n1. The van der Waals surface area contributed by atoms with Gasteiger partial charge in [-0.1, -0.05) is 26.0 Å². The average molecular weight is 257 g/mol. The third-order valence-electron chi connectivity index (χ3n) is 2.79. The van der Waals surface area contributed by atoms with Gasteiger partial charge in [-0.15, -0.1) is 0 Å². The van der Waals surface area contributed by atoms with Crippen LogP contribution >= 0.6 is 0 Å². The van der Waals surface area contributed by atoms with E-state index < -0.39 is 0 Å². The van der Waals surface area contributed by atoms with Gasteiger partial charge in [-0.05, 0) is 31.0 Å². The average Bonchev–Trinajstić information content (AvgIpc) is 2.37. The van der Waals surface area contributed by atoms with Crippen molar-refractivity contribution in [2.24, 2.45) is 0 Å². The lowest BCUT2D eigenvalue weighted by Gasteiger charge is -2.10. The van der Waals surface area contributed by atoms with Gasteiger partial charge in [0.05, 0.1) is 5.69 Å². The summed E-state index contributed by atoms with van der Waals surface area (Å²) in [6, 6.07) is 9.43. The van der Waals surface area contributed by atoms with Gasteiger partial charge in [0.1, 0.15) is 12.4 Å². The molecule has 2 aromatic rings. The Bertz CT molecular complexity index is 567. The fraction of sp³-hybridized carbons (Fsp3) is 0.333. The number of benzene rings is 1. The Labute approximate surface area is 113 Å². The number of hydrogen-bond acceptors (Lipinski definition) is 4. The van der Waals surface area contributed by atoms with Crippen LogP contribution in [0, 0.1) is 6.92 Å². The smallest absolute Gasteiger partial charge is 0.166 e. The van der Waals surface area contributed by atoms with Gasteiger partial charge in [0, 0.05) is 11.4 Å². The van der Waals surface area contributed by atoms with Crippen LogP contribution in [-0.2, 0) is 6.61 Å². The summed E-state index contributed by atoms with van der Waals surface area (Å²) < 4.78 is 5.66. The molecule has 0 fully saturated rings. The number of rotatable bonds is 4. The van der Waals surface area contributed by atoms with Crippen LogP contribution in [0.15, 0.2) is 30.3 Å². The Morgan fingerprint density at radius 3 is 2.63 bits per heavy atom. The molecular weight excluding hydrogens is 238 g/mol. The van der Waals surface area contributed by atoms with Crippen molar-refractivity contribution in [1.29, 1.82) is 0 Å². The minimum Gasteiger partial charge on any atom is -0.483 e. The molecule has 1 aromatic heterocycles. The maximum Gasteiger partial charge on any atom is 0.166 e. The highest BCUT2D eigenvalue weighted by molar-refractivity contribution is 5.51. The van der Waals surface area contributed by atoms with Gasteiger partial charge in [-0.2, -0.15) is 0 Å². The Kier molecular flexibility index (Phi) is 4.00. The predicted molar refractivity (Wildman–Crippen MR) is 76.0 cm³/mol. The summed E-state index contributed by atoms with van der Waals surface area (Å²) in [4.78, 5) is 8.88. The topological polar surface area (TPSA) is 61.0 Å². The molecule has 2 rings (SSSR count). The van der Waals surface area contributed by atoms with Crippen LogP contribution in [-0.4, -0.2) is 9.97 Å². The number of aromatic nitrogens is 2. The molecule has 0 amide bonds. The largest absolute Gasteiger partial charge is 0.483 e. The van der Waals surface area contributed by atoms with Crippen LogP contribution in [0.4, 0.5) is 5.69 Å². The molecule has 0 atom stereocenters. The molecule has 0 unspecified atom stereocenters. The number of hydrogen-bond donors (Lipinski definition) is 1. The van der Waals surface area contributed by atoms with E-state index in [1.54, 1.807) is 0 Å². The quantitative estimate of drug-likeness (QED) is 0.855. The molecule has 1 heterocycles. The Hall–Kier alpha value is -2.10. The minimum atomic E-state index is 0.329. The Balaban J connectivity index is 2.14. The van der Waals surface area contributed by atoms with Crippen molar-refractivity contribution in [3.8, 4) is 5.75 Å². The highest BCUT2D eigenvalue weighted by Gasteiger charge is 2.07. The number of nitrogen functional groups attached to an aromatic ring is 1. The monoisotopic (exact) mass is 257 g/mol. The number of para-hydroxylation sites is 2. The first-order valence-electron chi connectivity index (χ1n) is 6.38. The molecular formula is C15H19N3O. The van der Waals surface area contributed by atoms with Crippen LogP contribution in [0.5, 0.6) is 5.75 Å².